The third kappa shape index (κ3) is 3.27. The quantitative estimate of drug-likeness (QED) is 0.874. The fraction of sp³-hybridized carbons (Fsp3) is 0.200. The summed E-state index contributed by atoms with van der Waals surface area (Å²) < 4.78 is 13.4. The molecule has 0 spiro atoms. The summed E-state index contributed by atoms with van der Waals surface area (Å²) in [6.07, 6.45) is 0.516. The summed E-state index contributed by atoms with van der Waals surface area (Å²) in [5.74, 6) is -0.454. The molecule has 4 heteroatoms. The number of halogens is 3. The summed E-state index contributed by atoms with van der Waals surface area (Å²) in [6, 6.07) is 10.1. The minimum absolute atomic E-state index is 0.0817. The first-order chi connectivity index (χ1) is 8.99. The highest BCUT2D eigenvalue weighted by Crippen LogP contribution is 2.28. The van der Waals surface area contributed by atoms with Crippen molar-refractivity contribution >= 4 is 23.2 Å². The Morgan fingerprint density at radius 2 is 1.95 bits per heavy atom. The van der Waals surface area contributed by atoms with E-state index in [1.165, 1.54) is 6.07 Å². The van der Waals surface area contributed by atoms with Gasteiger partial charge >= 0.3 is 0 Å². The molecule has 100 valence electrons. The summed E-state index contributed by atoms with van der Waals surface area (Å²) >= 11 is 12.1. The Bertz CT molecular complexity index is 599. The van der Waals surface area contributed by atoms with Crippen LogP contribution in [0.3, 0.4) is 0 Å². The highest BCUT2D eigenvalue weighted by molar-refractivity contribution is 6.32. The molecule has 0 saturated carbocycles. The summed E-state index contributed by atoms with van der Waals surface area (Å²) in [5.41, 5.74) is 8.71. The Balaban J connectivity index is 2.25. The normalized spacial score (nSPS) is 12.5. The molecule has 2 rings (SSSR count). The van der Waals surface area contributed by atoms with Gasteiger partial charge in [0.2, 0.25) is 0 Å². The van der Waals surface area contributed by atoms with Gasteiger partial charge in [0.25, 0.3) is 0 Å². The van der Waals surface area contributed by atoms with Crippen molar-refractivity contribution < 1.29 is 4.39 Å². The lowest BCUT2D eigenvalue weighted by Gasteiger charge is -2.15. The van der Waals surface area contributed by atoms with E-state index in [2.05, 4.69) is 0 Å². The fourth-order valence-corrected chi connectivity index (χ4v) is 2.55. The lowest BCUT2D eigenvalue weighted by atomic mass is 9.99. The molecule has 0 aromatic heterocycles. The Morgan fingerprint density at radius 1 is 1.21 bits per heavy atom. The van der Waals surface area contributed by atoms with Gasteiger partial charge in [0.05, 0.1) is 5.02 Å². The first-order valence-electron chi connectivity index (χ1n) is 5.93. The third-order valence-electron chi connectivity index (χ3n) is 3.03. The minimum atomic E-state index is -0.454. The van der Waals surface area contributed by atoms with Crippen molar-refractivity contribution in [1.29, 1.82) is 0 Å². The van der Waals surface area contributed by atoms with Crippen molar-refractivity contribution in [2.75, 3.05) is 0 Å². The molecule has 1 unspecified atom stereocenters. The molecule has 0 aliphatic carbocycles. The van der Waals surface area contributed by atoms with Gasteiger partial charge < -0.3 is 5.73 Å². The van der Waals surface area contributed by atoms with Crippen LogP contribution in [-0.2, 0) is 6.42 Å². The fourth-order valence-electron chi connectivity index (χ4n) is 1.97. The maximum Gasteiger partial charge on any atom is 0.142 e. The molecule has 1 nitrogen and oxygen atoms in total. The molecule has 19 heavy (non-hydrogen) atoms. The number of hydrogen-bond acceptors (Lipinski definition) is 1. The Labute approximate surface area is 122 Å². The number of nitrogens with two attached hydrogens (primary N) is 1. The summed E-state index contributed by atoms with van der Waals surface area (Å²) in [6.45, 7) is 1.97. The van der Waals surface area contributed by atoms with Crippen LogP contribution >= 0.6 is 23.2 Å². The predicted octanol–water partition coefficient (Wildman–Crippen LogP) is 4.68. The number of hydrogen-bond donors (Lipinski definition) is 1. The predicted molar refractivity (Wildman–Crippen MR) is 78.2 cm³/mol. The van der Waals surface area contributed by atoms with Crippen LogP contribution in [0.5, 0.6) is 0 Å². The van der Waals surface area contributed by atoms with Gasteiger partial charge in [-0.15, -0.1) is 0 Å². The maximum absolute atomic E-state index is 13.4. The second-order valence-corrected chi connectivity index (χ2v) is 5.33. The van der Waals surface area contributed by atoms with Gasteiger partial charge in [-0.3, -0.25) is 0 Å². The Hall–Kier alpha value is -1.09. The van der Waals surface area contributed by atoms with Crippen molar-refractivity contribution in [3.63, 3.8) is 0 Å². The van der Waals surface area contributed by atoms with Crippen LogP contribution < -0.4 is 5.73 Å². The lowest BCUT2D eigenvalue weighted by Crippen LogP contribution is -2.14. The highest BCUT2D eigenvalue weighted by Gasteiger charge is 2.15. The topological polar surface area (TPSA) is 26.0 Å². The lowest BCUT2D eigenvalue weighted by molar-refractivity contribution is 0.619. The van der Waals surface area contributed by atoms with Crippen molar-refractivity contribution in [2.45, 2.75) is 19.4 Å². The molecular formula is C15H14Cl2FN. The first kappa shape index (κ1) is 14.3. The summed E-state index contributed by atoms with van der Waals surface area (Å²) in [5, 5.41) is 0.751. The van der Waals surface area contributed by atoms with Gasteiger partial charge in [-0.05, 0) is 42.2 Å². The second-order valence-electron chi connectivity index (χ2n) is 4.55. The zero-order chi connectivity index (χ0) is 14.0. The van der Waals surface area contributed by atoms with Gasteiger partial charge in [-0.1, -0.05) is 47.5 Å². The molecule has 0 aliphatic rings. The van der Waals surface area contributed by atoms with Crippen molar-refractivity contribution in [3.05, 3.63) is 69.0 Å². The van der Waals surface area contributed by atoms with Crippen molar-refractivity contribution in [1.82, 2.24) is 0 Å². The van der Waals surface area contributed by atoms with Crippen LogP contribution in [0, 0.1) is 12.7 Å². The molecule has 0 saturated heterocycles. The van der Waals surface area contributed by atoms with Crippen LogP contribution in [0.15, 0.2) is 36.4 Å². The average molecular weight is 298 g/mol. The molecular weight excluding hydrogens is 284 g/mol. The first-order valence-corrected chi connectivity index (χ1v) is 6.69. The number of benzene rings is 2. The van der Waals surface area contributed by atoms with Crippen molar-refractivity contribution in [3.8, 4) is 0 Å². The minimum Gasteiger partial charge on any atom is -0.324 e. The van der Waals surface area contributed by atoms with Gasteiger partial charge in [-0.25, -0.2) is 4.39 Å². The smallest absolute Gasteiger partial charge is 0.142 e. The van der Waals surface area contributed by atoms with E-state index in [4.69, 9.17) is 28.9 Å². The zero-order valence-electron chi connectivity index (χ0n) is 10.5. The van der Waals surface area contributed by atoms with Gasteiger partial charge in [0.1, 0.15) is 5.82 Å². The van der Waals surface area contributed by atoms with E-state index in [1.807, 2.05) is 25.1 Å². The van der Waals surface area contributed by atoms with Crippen LogP contribution in [0.2, 0.25) is 10.0 Å². The van der Waals surface area contributed by atoms with E-state index in [0.717, 1.165) is 11.1 Å². The number of rotatable bonds is 3. The summed E-state index contributed by atoms with van der Waals surface area (Å²) in [4.78, 5) is 0. The van der Waals surface area contributed by atoms with Gasteiger partial charge in [0.15, 0.2) is 0 Å². The average Bonchev–Trinajstić information content (AvgIpc) is 2.36. The number of aryl methyl sites for hydroxylation is 1. The van der Waals surface area contributed by atoms with Crippen LogP contribution in [0.25, 0.3) is 0 Å². The molecule has 2 aromatic carbocycles. The van der Waals surface area contributed by atoms with Crippen molar-refractivity contribution in [2.24, 2.45) is 5.73 Å². The maximum atomic E-state index is 13.4. The highest BCUT2D eigenvalue weighted by atomic mass is 35.5. The van der Waals surface area contributed by atoms with Crippen LogP contribution in [-0.4, -0.2) is 0 Å². The Kier molecular flexibility index (Phi) is 4.46. The van der Waals surface area contributed by atoms with Crippen LogP contribution in [0.1, 0.15) is 22.7 Å². The van der Waals surface area contributed by atoms with Gasteiger partial charge in [-0.2, -0.15) is 0 Å². The van der Waals surface area contributed by atoms with Gasteiger partial charge in [0, 0.05) is 11.1 Å². The molecule has 1 atom stereocenters. The molecule has 0 amide bonds. The molecule has 0 fully saturated rings. The van der Waals surface area contributed by atoms with Crippen LogP contribution in [0.4, 0.5) is 4.39 Å². The molecule has 0 radical (unpaired) electrons. The SMILES string of the molecule is Cc1ccc(CC(N)c2cccc(F)c2Cl)c(Cl)c1. The molecule has 2 N–H and O–H groups in total. The van der Waals surface area contributed by atoms with E-state index >= 15 is 0 Å². The monoisotopic (exact) mass is 297 g/mol. The standard InChI is InChI=1S/C15H14Cl2FN/c1-9-5-6-10(12(16)7-9)8-14(19)11-3-2-4-13(18)15(11)17/h2-7,14H,8,19H2,1H3. The zero-order valence-corrected chi connectivity index (χ0v) is 12.0. The molecule has 0 aliphatic heterocycles. The Morgan fingerprint density at radius 3 is 2.63 bits per heavy atom. The van der Waals surface area contributed by atoms with E-state index in [0.29, 0.717) is 17.0 Å². The molecule has 0 heterocycles. The molecule has 2 aromatic rings. The summed E-state index contributed by atoms with van der Waals surface area (Å²) in [7, 11) is 0. The second kappa shape index (κ2) is 5.91. The third-order valence-corrected chi connectivity index (χ3v) is 3.78. The van der Waals surface area contributed by atoms with E-state index < -0.39 is 5.82 Å². The van der Waals surface area contributed by atoms with E-state index in [1.54, 1.807) is 12.1 Å². The van der Waals surface area contributed by atoms with E-state index in [-0.39, 0.29) is 11.1 Å². The molecule has 0 bridgehead atoms. The largest absolute Gasteiger partial charge is 0.324 e. The van der Waals surface area contributed by atoms with E-state index in [9.17, 15) is 4.39 Å².